The van der Waals surface area contributed by atoms with E-state index in [1.54, 1.807) is 4.68 Å². The van der Waals surface area contributed by atoms with Gasteiger partial charge in [0.05, 0.1) is 0 Å². The first kappa shape index (κ1) is 7.48. The Hall–Kier alpha value is -1.17. The van der Waals surface area contributed by atoms with Crippen LogP contribution >= 0.6 is 0 Å². The Balaban J connectivity index is 1.98. The predicted octanol–water partition coefficient (Wildman–Crippen LogP) is -1.02. The van der Waals surface area contributed by atoms with E-state index in [1.807, 2.05) is 7.05 Å². The van der Waals surface area contributed by atoms with Crippen LogP contribution in [-0.4, -0.2) is 39.3 Å². The van der Waals surface area contributed by atoms with E-state index in [9.17, 15) is 0 Å². The van der Waals surface area contributed by atoms with Gasteiger partial charge in [0.15, 0.2) is 0 Å². The van der Waals surface area contributed by atoms with E-state index in [1.165, 1.54) is 0 Å². The third-order valence-electron chi connectivity index (χ3n) is 2.01. The van der Waals surface area contributed by atoms with E-state index in [0.717, 1.165) is 25.5 Å². The number of nitrogens with zero attached hydrogens (tertiary/aromatic N) is 4. The Morgan fingerprint density at radius 3 is 3.17 bits per heavy atom. The second-order valence-corrected chi connectivity index (χ2v) is 2.96. The topological polar surface area (TPSA) is 67.7 Å². The number of tetrazole rings is 1. The van der Waals surface area contributed by atoms with Crippen LogP contribution in [0.15, 0.2) is 0 Å². The maximum Gasteiger partial charge on any atom is 0.242 e. The van der Waals surface area contributed by atoms with E-state index < -0.39 is 0 Å². The highest BCUT2D eigenvalue weighted by molar-refractivity contribution is 5.23. The molecule has 6 nitrogen and oxygen atoms in total. The van der Waals surface area contributed by atoms with Crippen molar-refractivity contribution in [2.75, 3.05) is 18.4 Å². The van der Waals surface area contributed by atoms with Gasteiger partial charge in [-0.1, -0.05) is 5.10 Å². The number of hydrogen-bond acceptors (Lipinski definition) is 5. The van der Waals surface area contributed by atoms with Crippen LogP contribution in [0.5, 0.6) is 0 Å². The lowest BCUT2D eigenvalue weighted by atomic mass is 10.3. The molecule has 0 amide bonds. The zero-order chi connectivity index (χ0) is 8.39. The van der Waals surface area contributed by atoms with Crippen LogP contribution < -0.4 is 10.6 Å². The number of aryl methyl sites for hydroxylation is 1. The van der Waals surface area contributed by atoms with Crippen molar-refractivity contribution in [2.24, 2.45) is 7.05 Å². The Kier molecular flexibility index (Phi) is 1.91. The molecule has 1 aliphatic heterocycles. The van der Waals surface area contributed by atoms with Gasteiger partial charge in [0.25, 0.3) is 0 Å². The van der Waals surface area contributed by atoms with E-state index in [-0.39, 0.29) is 0 Å². The molecule has 2 N–H and O–H groups in total. The second kappa shape index (κ2) is 3.06. The monoisotopic (exact) mass is 168 g/mol. The van der Waals surface area contributed by atoms with Crippen molar-refractivity contribution in [1.29, 1.82) is 0 Å². The van der Waals surface area contributed by atoms with Gasteiger partial charge in [-0.05, 0) is 23.4 Å². The third kappa shape index (κ3) is 1.38. The Morgan fingerprint density at radius 2 is 2.58 bits per heavy atom. The normalized spacial score (nSPS) is 22.9. The summed E-state index contributed by atoms with van der Waals surface area (Å²) in [6, 6.07) is 0.467. The molecule has 0 radical (unpaired) electrons. The molecule has 0 saturated carbocycles. The van der Waals surface area contributed by atoms with Crippen LogP contribution in [0.2, 0.25) is 0 Å². The summed E-state index contributed by atoms with van der Waals surface area (Å²) < 4.78 is 1.64. The fourth-order valence-electron chi connectivity index (χ4n) is 1.31. The molecule has 1 aliphatic rings. The van der Waals surface area contributed by atoms with Gasteiger partial charge in [-0.15, -0.1) is 0 Å². The number of anilines is 1. The Bertz CT molecular complexity index is 250. The van der Waals surface area contributed by atoms with E-state index in [4.69, 9.17) is 0 Å². The molecule has 0 bridgehead atoms. The average molecular weight is 168 g/mol. The first-order valence-electron chi connectivity index (χ1n) is 4.06. The van der Waals surface area contributed by atoms with E-state index in [0.29, 0.717) is 6.04 Å². The lowest BCUT2D eigenvalue weighted by Crippen LogP contribution is -2.23. The standard InChI is InChI=1S/C6H12N6/c1-12-6(9-10-11-12)8-5-2-3-7-4-5/h5,7H,2-4H2,1H3,(H,8,9,11). The zero-order valence-corrected chi connectivity index (χ0v) is 6.99. The van der Waals surface area contributed by atoms with E-state index >= 15 is 0 Å². The second-order valence-electron chi connectivity index (χ2n) is 2.96. The number of nitrogens with one attached hydrogen (secondary N) is 2. The zero-order valence-electron chi connectivity index (χ0n) is 6.99. The maximum absolute atomic E-state index is 3.84. The molecule has 6 heteroatoms. The Morgan fingerprint density at radius 1 is 1.67 bits per heavy atom. The lowest BCUT2D eigenvalue weighted by molar-refractivity contribution is 0.699. The van der Waals surface area contributed by atoms with Crippen molar-refractivity contribution in [3.8, 4) is 0 Å². The highest BCUT2D eigenvalue weighted by atomic mass is 15.6. The molecule has 2 rings (SSSR count). The smallest absolute Gasteiger partial charge is 0.242 e. The van der Waals surface area contributed by atoms with Gasteiger partial charge in [-0.2, -0.15) is 0 Å². The van der Waals surface area contributed by atoms with Crippen molar-refractivity contribution in [3.63, 3.8) is 0 Å². The molecule has 66 valence electrons. The summed E-state index contributed by atoms with van der Waals surface area (Å²) in [6.45, 7) is 2.07. The fraction of sp³-hybridized carbons (Fsp3) is 0.833. The van der Waals surface area contributed by atoms with Crippen molar-refractivity contribution in [2.45, 2.75) is 12.5 Å². The molecular weight excluding hydrogens is 156 g/mol. The molecular formula is C6H12N6. The molecule has 1 unspecified atom stereocenters. The average Bonchev–Trinajstić information content (AvgIpc) is 2.65. The summed E-state index contributed by atoms with van der Waals surface area (Å²) in [4.78, 5) is 0. The van der Waals surface area contributed by atoms with Crippen molar-refractivity contribution in [3.05, 3.63) is 0 Å². The molecule has 1 fully saturated rings. The number of aromatic nitrogens is 4. The predicted molar refractivity (Wildman–Crippen MR) is 43.7 cm³/mol. The summed E-state index contributed by atoms with van der Waals surface area (Å²) in [6.07, 6.45) is 1.13. The first-order chi connectivity index (χ1) is 5.86. The quantitative estimate of drug-likeness (QED) is 0.592. The number of hydrogen-bond donors (Lipinski definition) is 2. The summed E-state index contributed by atoms with van der Waals surface area (Å²) >= 11 is 0. The summed E-state index contributed by atoms with van der Waals surface area (Å²) in [7, 11) is 1.82. The minimum Gasteiger partial charge on any atom is -0.349 e. The highest BCUT2D eigenvalue weighted by Gasteiger charge is 2.15. The van der Waals surface area contributed by atoms with Gasteiger partial charge in [-0.25, -0.2) is 4.68 Å². The van der Waals surface area contributed by atoms with Crippen LogP contribution in [0.3, 0.4) is 0 Å². The van der Waals surface area contributed by atoms with Crippen molar-refractivity contribution in [1.82, 2.24) is 25.5 Å². The molecule has 0 aromatic carbocycles. The molecule has 12 heavy (non-hydrogen) atoms. The van der Waals surface area contributed by atoms with Crippen LogP contribution in [0.4, 0.5) is 5.95 Å². The summed E-state index contributed by atoms with van der Waals surface area (Å²) in [5.41, 5.74) is 0. The SMILES string of the molecule is Cn1nnnc1NC1CCNC1. The number of rotatable bonds is 2. The van der Waals surface area contributed by atoms with Gasteiger partial charge in [0, 0.05) is 19.6 Å². The largest absolute Gasteiger partial charge is 0.349 e. The minimum absolute atomic E-state index is 0.467. The molecule has 2 heterocycles. The summed E-state index contributed by atoms with van der Waals surface area (Å²) in [5.74, 6) is 0.740. The van der Waals surface area contributed by atoms with Crippen LogP contribution in [0.25, 0.3) is 0 Å². The van der Waals surface area contributed by atoms with Gasteiger partial charge in [-0.3, -0.25) is 0 Å². The maximum atomic E-state index is 3.84. The molecule has 1 aromatic heterocycles. The highest BCUT2D eigenvalue weighted by Crippen LogP contribution is 2.05. The minimum atomic E-state index is 0.467. The summed E-state index contributed by atoms with van der Waals surface area (Å²) in [5, 5.41) is 17.6. The molecule has 0 aliphatic carbocycles. The van der Waals surface area contributed by atoms with Crippen molar-refractivity contribution < 1.29 is 0 Å². The van der Waals surface area contributed by atoms with Crippen LogP contribution in [-0.2, 0) is 7.05 Å². The van der Waals surface area contributed by atoms with Crippen LogP contribution in [0, 0.1) is 0 Å². The van der Waals surface area contributed by atoms with Crippen LogP contribution in [0.1, 0.15) is 6.42 Å². The Labute approximate surface area is 70.3 Å². The molecule has 1 atom stereocenters. The molecule has 1 aromatic rings. The lowest BCUT2D eigenvalue weighted by Gasteiger charge is -2.09. The van der Waals surface area contributed by atoms with Gasteiger partial charge in [0.2, 0.25) is 5.95 Å². The van der Waals surface area contributed by atoms with Gasteiger partial charge in [0.1, 0.15) is 0 Å². The third-order valence-corrected chi connectivity index (χ3v) is 2.01. The van der Waals surface area contributed by atoms with Crippen molar-refractivity contribution >= 4 is 5.95 Å². The molecule has 1 saturated heterocycles. The van der Waals surface area contributed by atoms with Gasteiger partial charge >= 0.3 is 0 Å². The first-order valence-corrected chi connectivity index (χ1v) is 4.06. The fourth-order valence-corrected chi connectivity index (χ4v) is 1.31. The van der Waals surface area contributed by atoms with E-state index in [2.05, 4.69) is 26.2 Å². The van der Waals surface area contributed by atoms with Gasteiger partial charge < -0.3 is 10.6 Å². The molecule has 0 spiro atoms.